The number of quaternary nitrogens is 1. The highest BCUT2D eigenvalue weighted by atomic mass is 31.2. The summed E-state index contributed by atoms with van der Waals surface area (Å²) in [7, 11) is 1.14. The highest BCUT2D eigenvalue weighted by Crippen LogP contribution is 2.38. The van der Waals surface area contributed by atoms with Crippen LogP contribution in [0.4, 0.5) is 0 Å². The first-order valence-corrected chi connectivity index (χ1v) is 32.2. The van der Waals surface area contributed by atoms with Gasteiger partial charge in [-0.3, -0.25) is 14.2 Å². The molecule has 10 heteroatoms. The Morgan fingerprint density at radius 1 is 0.416 bits per heavy atom. The highest BCUT2D eigenvalue weighted by Gasteiger charge is 2.22. The van der Waals surface area contributed by atoms with Gasteiger partial charge in [-0.2, -0.15) is 0 Å². The zero-order valence-corrected chi connectivity index (χ0v) is 50.8. The number of nitrogens with zero attached hydrogens (tertiary/aromatic N) is 1. The van der Waals surface area contributed by atoms with Gasteiger partial charge in [0.15, 0.2) is 6.10 Å². The average molecular weight is 1090 g/mol. The fraction of sp³-hybridized carbons (Fsp3) is 0.672. The lowest BCUT2D eigenvalue weighted by atomic mass is 10.0. The van der Waals surface area contributed by atoms with Crippen LogP contribution in [0.5, 0.6) is 0 Å². The van der Waals surface area contributed by atoms with Gasteiger partial charge < -0.3 is 27.9 Å². The number of hydrogen-bond donors (Lipinski definition) is 0. The van der Waals surface area contributed by atoms with Crippen molar-refractivity contribution < 1.29 is 42.1 Å². The number of ether oxygens (including phenoxy) is 2. The van der Waals surface area contributed by atoms with Crippen molar-refractivity contribution in [3.63, 3.8) is 0 Å². The van der Waals surface area contributed by atoms with E-state index in [0.29, 0.717) is 17.4 Å². The number of likely N-dealkylation sites (N-methyl/N-ethyl adjacent to an activating group) is 1. The van der Waals surface area contributed by atoms with Crippen LogP contribution in [0.1, 0.15) is 239 Å². The van der Waals surface area contributed by atoms with E-state index in [-0.39, 0.29) is 26.1 Å². The summed E-state index contributed by atoms with van der Waals surface area (Å²) in [5, 5.41) is 0. The Bertz CT molecular complexity index is 1710. The van der Waals surface area contributed by atoms with Crippen LogP contribution in [0, 0.1) is 0 Å². The Kier molecular flexibility index (Phi) is 54.4. The molecule has 2 unspecified atom stereocenters. The van der Waals surface area contributed by atoms with Crippen LogP contribution in [-0.2, 0) is 32.7 Å². The summed E-state index contributed by atoms with van der Waals surface area (Å²) in [5.74, 6) is -0.864. The van der Waals surface area contributed by atoms with E-state index in [1.54, 1.807) is 0 Å². The first-order chi connectivity index (χ1) is 37.5. The van der Waals surface area contributed by atoms with E-state index in [9.17, 15) is 19.0 Å². The minimum absolute atomic E-state index is 0.0411. The molecule has 0 aromatic carbocycles. The number of esters is 2. The summed E-state index contributed by atoms with van der Waals surface area (Å²) in [6.07, 6.45) is 81.1. The summed E-state index contributed by atoms with van der Waals surface area (Å²) < 4.78 is 34.1. The molecule has 0 rings (SSSR count). The van der Waals surface area contributed by atoms with Crippen molar-refractivity contribution in [3.8, 4) is 0 Å². The largest absolute Gasteiger partial charge is 0.756 e. The van der Waals surface area contributed by atoms with Gasteiger partial charge in [0.25, 0.3) is 7.82 Å². The standard InChI is InChI=1S/C67H114NO8P/c1-6-8-10-12-14-16-18-20-22-24-26-27-28-29-30-31-32-33-34-35-36-37-38-39-40-41-42-44-46-48-50-52-54-56-58-60-67(70)76-65(64-75-77(71,72)74-62-61-68(3,4)5)63-73-66(69)59-57-55-53-51-49-47-45-43-25-23-21-19-17-15-13-11-9-7-2/h8,10,14,16,20,22,26-27,29-30,32-33,35-36,38-39,41-42,46,48,65H,6-7,9,11-13,15,17-19,21,23-25,28,31,34,37,40,43-45,47,49-64H2,1-5H3/b10-8-,16-14-,22-20-,27-26-,30-29-,33-32-,36-35-,39-38-,42-41-,48-46-. The molecule has 0 saturated carbocycles. The molecule has 0 radical (unpaired) electrons. The molecule has 440 valence electrons. The molecule has 0 aromatic rings. The molecule has 0 saturated heterocycles. The summed E-state index contributed by atoms with van der Waals surface area (Å²) in [4.78, 5) is 37.9. The van der Waals surface area contributed by atoms with Gasteiger partial charge in [0.1, 0.15) is 19.8 Å². The first kappa shape index (κ1) is 73.4. The van der Waals surface area contributed by atoms with Gasteiger partial charge in [-0.25, -0.2) is 0 Å². The van der Waals surface area contributed by atoms with Crippen molar-refractivity contribution in [2.45, 2.75) is 245 Å². The topological polar surface area (TPSA) is 111 Å². The number of hydrogen-bond acceptors (Lipinski definition) is 8. The van der Waals surface area contributed by atoms with Crippen LogP contribution in [0.15, 0.2) is 122 Å². The average Bonchev–Trinajstić information content (AvgIpc) is 3.39. The molecule has 0 aliphatic heterocycles. The first-order valence-electron chi connectivity index (χ1n) is 30.7. The number of rotatable bonds is 55. The smallest absolute Gasteiger partial charge is 0.306 e. The van der Waals surface area contributed by atoms with Crippen molar-refractivity contribution in [3.05, 3.63) is 122 Å². The Balaban J connectivity index is 4.22. The molecule has 2 atom stereocenters. The van der Waals surface area contributed by atoms with E-state index in [1.165, 1.54) is 96.3 Å². The molecule has 0 bridgehead atoms. The molecule has 0 spiro atoms. The molecule has 0 N–H and O–H groups in total. The van der Waals surface area contributed by atoms with Gasteiger partial charge in [-0.1, -0.05) is 257 Å². The fourth-order valence-corrected chi connectivity index (χ4v) is 8.77. The zero-order chi connectivity index (χ0) is 56.3. The molecule has 9 nitrogen and oxygen atoms in total. The normalized spacial score (nSPS) is 14.1. The van der Waals surface area contributed by atoms with E-state index in [1.807, 2.05) is 21.1 Å². The quantitative estimate of drug-likeness (QED) is 0.0195. The summed E-state index contributed by atoms with van der Waals surface area (Å²) in [5.41, 5.74) is 0. The summed E-state index contributed by atoms with van der Waals surface area (Å²) in [6, 6.07) is 0. The van der Waals surface area contributed by atoms with Crippen molar-refractivity contribution in [1.29, 1.82) is 0 Å². The van der Waals surface area contributed by atoms with Crippen LogP contribution < -0.4 is 4.89 Å². The number of unbranched alkanes of at least 4 members (excludes halogenated alkanes) is 21. The van der Waals surface area contributed by atoms with E-state index < -0.39 is 32.5 Å². The van der Waals surface area contributed by atoms with Gasteiger partial charge in [-0.05, 0) is 89.9 Å². The highest BCUT2D eigenvalue weighted by molar-refractivity contribution is 7.45. The maximum Gasteiger partial charge on any atom is 0.306 e. The third-order valence-corrected chi connectivity index (χ3v) is 13.7. The zero-order valence-electron chi connectivity index (χ0n) is 49.9. The number of carbonyl (C=O) groups is 2. The fourth-order valence-electron chi connectivity index (χ4n) is 8.04. The Hall–Kier alpha value is -3.59. The van der Waals surface area contributed by atoms with E-state index in [0.717, 1.165) is 109 Å². The second-order valence-electron chi connectivity index (χ2n) is 21.3. The second kappa shape index (κ2) is 57.1. The predicted molar refractivity (Wildman–Crippen MR) is 328 cm³/mol. The molecule has 77 heavy (non-hydrogen) atoms. The molecule has 0 aliphatic rings. The van der Waals surface area contributed by atoms with Crippen LogP contribution in [0.25, 0.3) is 0 Å². The molecular formula is C67H114NO8P. The molecule has 0 aromatic heterocycles. The lowest BCUT2D eigenvalue weighted by molar-refractivity contribution is -0.870. The Labute approximate surface area is 473 Å². The lowest BCUT2D eigenvalue weighted by Crippen LogP contribution is -2.37. The van der Waals surface area contributed by atoms with Crippen LogP contribution >= 0.6 is 7.82 Å². The summed E-state index contributed by atoms with van der Waals surface area (Å²) >= 11 is 0. The predicted octanol–water partition coefficient (Wildman–Crippen LogP) is 18.9. The second-order valence-corrected chi connectivity index (χ2v) is 22.8. The van der Waals surface area contributed by atoms with Gasteiger partial charge in [0.2, 0.25) is 0 Å². The Morgan fingerprint density at radius 2 is 0.740 bits per heavy atom. The van der Waals surface area contributed by atoms with Crippen LogP contribution in [0.3, 0.4) is 0 Å². The van der Waals surface area contributed by atoms with Gasteiger partial charge in [-0.15, -0.1) is 0 Å². The van der Waals surface area contributed by atoms with Crippen molar-refractivity contribution in [2.24, 2.45) is 0 Å². The van der Waals surface area contributed by atoms with E-state index in [2.05, 4.69) is 135 Å². The number of phosphoric ester groups is 1. The van der Waals surface area contributed by atoms with E-state index >= 15 is 0 Å². The molecule has 0 fully saturated rings. The third kappa shape index (κ3) is 61.5. The van der Waals surface area contributed by atoms with Crippen LogP contribution in [-0.4, -0.2) is 70.0 Å². The van der Waals surface area contributed by atoms with Crippen molar-refractivity contribution in [2.75, 3.05) is 47.5 Å². The van der Waals surface area contributed by atoms with Gasteiger partial charge in [0.05, 0.1) is 27.7 Å². The van der Waals surface area contributed by atoms with Crippen molar-refractivity contribution in [1.82, 2.24) is 0 Å². The summed E-state index contributed by atoms with van der Waals surface area (Å²) in [6.45, 7) is 4.10. The SMILES string of the molecule is CC/C=C\C/C=C\C/C=C\C/C=C\C/C=C\C/C=C\C/C=C\C/C=C\C/C=C\C/C=C\CCCCCCC(=O)OC(COC(=O)CCCCCCCCCCCCCCCCCCCC)COP(=O)([O-])OCC[N+](C)(C)C. The maximum absolute atomic E-state index is 12.8. The van der Waals surface area contributed by atoms with Gasteiger partial charge >= 0.3 is 11.9 Å². The third-order valence-electron chi connectivity index (χ3n) is 12.7. The van der Waals surface area contributed by atoms with Gasteiger partial charge in [0, 0.05) is 12.8 Å². The number of phosphoric acid groups is 1. The monoisotopic (exact) mass is 1090 g/mol. The molecular weight excluding hydrogens is 978 g/mol. The number of allylic oxidation sites excluding steroid dienone is 20. The minimum atomic E-state index is -4.65. The lowest BCUT2D eigenvalue weighted by Gasteiger charge is -2.28. The molecule has 0 aliphatic carbocycles. The van der Waals surface area contributed by atoms with Crippen LogP contribution in [0.2, 0.25) is 0 Å². The molecule has 0 heterocycles. The number of carbonyl (C=O) groups excluding carboxylic acids is 2. The minimum Gasteiger partial charge on any atom is -0.756 e. The molecule has 0 amide bonds. The maximum atomic E-state index is 12.8. The van der Waals surface area contributed by atoms with E-state index in [4.69, 9.17) is 18.5 Å². The van der Waals surface area contributed by atoms with Crippen molar-refractivity contribution >= 4 is 19.8 Å². The Morgan fingerprint density at radius 3 is 1.10 bits per heavy atom.